The Labute approximate surface area is 176 Å². The molecule has 1 unspecified atom stereocenters. The highest BCUT2D eigenvalue weighted by molar-refractivity contribution is 5.42. The molecule has 1 aliphatic rings. The average Bonchev–Trinajstić information content (AvgIpc) is 3.44. The zero-order valence-corrected chi connectivity index (χ0v) is 17.7. The first-order chi connectivity index (χ1) is 14.6. The molecule has 0 spiro atoms. The van der Waals surface area contributed by atoms with Gasteiger partial charge in [-0.05, 0) is 35.9 Å². The number of aryl methyl sites for hydroxylation is 1. The number of benzene rings is 1. The van der Waals surface area contributed by atoms with Gasteiger partial charge in [-0.25, -0.2) is 9.67 Å². The van der Waals surface area contributed by atoms with Crippen molar-refractivity contribution in [2.24, 2.45) is 0 Å². The summed E-state index contributed by atoms with van der Waals surface area (Å²) in [7, 11) is 0. The fourth-order valence-electron chi connectivity index (χ4n) is 3.58. The van der Waals surface area contributed by atoms with Gasteiger partial charge in [0.05, 0.1) is 0 Å². The van der Waals surface area contributed by atoms with Crippen molar-refractivity contribution in [3.63, 3.8) is 0 Å². The van der Waals surface area contributed by atoms with Crippen LogP contribution in [0.2, 0.25) is 0 Å². The summed E-state index contributed by atoms with van der Waals surface area (Å²) in [4.78, 5) is 4.81. The van der Waals surface area contributed by atoms with Crippen LogP contribution in [0, 0.1) is 0 Å². The molecule has 3 aromatic rings. The number of hydrogen-bond acceptors (Lipinski definition) is 6. The second-order valence-electron chi connectivity index (χ2n) is 7.90. The molecule has 2 aromatic heterocycles. The van der Waals surface area contributed by atoms with Crippen LogP contribution in [0.25, 0.3) is 0 Å². The van der Waals surface area contributed by atoms with E-state index in [1.165, 1.54) is 5.56 Å². The molecular weight excluding hydrogens is 376 g/mol. The Bertz CT molecular complexity index is 1010. The Kier molecular flexibility index (Phi) is 5.74. The van der Waals surface area contributed by atoms with Crippen LogP contribution >= 0.6 is 0 Å². The van der Waals surface area contributed by atoms with E-state index in [4.69, 9.17) is 10.1 Å². The predicted molar refractivity (Wildman–Crippen MR) is 115 cm³/mol. The number of allylic oxidation sites excluding steroid dienone is 2. The van der Waals surface area contributed by atoms with Crippen molar-refractivity contribution in [1.29, 1.82) is 0 Å². The summed E-state index contributed by atoms with van der Waals surface area (Å²) >= 11 is 0. The number of aromatic amines is 1. The third-order valence-corrected chi connectivity index (χ3v) is 5.34. The zero-order valence-electron chi connectivity index (χ0n) is 17.7. The normalized spacial score (nSPS) is 18.1. The highest BCUT2D eigenvalue weighted by atomic mass is 15.5. The van der Waals surface area contributed by atoms with Gasteiger partial charge >= 0.3 is 0 Å². The van der Waals surface area contributed by atoms with E-state index in [1.54, 1.807) is 0 Å². The summed E-state index contributed by atoms with van der Waals surface area (Å²) in [5.74, 6) is 2.83. The van der Waals surface area contributed by atoms with E-state index in [-0.39, 0.29) is 0 Å². The van der Waals surface area contributed by atoms with Crippen molar-refractivity contribution in [2.75, 3.05) is 0 Å². The molecule has 1 aromatic carbocycles. The molecule has 3 heterocycles. The van der Waals surface area contributed by atoms with Crippen molar-refractivity contribution in [3.05, 3.63) is 77.3 Å². The number of H-pyrrole nitrogens is 1. The highest BCUT2D eigenvalue weighted by Crippen LogP contribution is 2.30. The van der Waals surface area contributed by atoms with Gasteiger partial charge in [0, 0.05) is 18.9 Å². The molecule has 2 N–H and O–H groups in total. The average molecular weight is 405 g/mol. The minimum Gasteiger partial charge on any atom is -0.372 e. The van der Waals surface area contributed by atoms with Crippen molar-refractivity contribution in [2.45, 2.75) is 58.0 Å². The van der Waals surface area contributed by atoms with Gasteiger partial charge in [0.1, 0.15) is 11.4 Å². The third kappa shape index (κ3) is 3.90. The molecule has 8 nitrogen and oxygen atoms in total. The van der Waals surface area contributed by atoms with E-state index in [2.05, 4.69) is 75.7 Å². The van der Waals surface area contributed by atoms with Crippen LogP contribution in [0.3, 0.4) is 0 Å². The third-order valence-electron chi connectivity index (χ3n) is 5.34. The number of aromatic nitrogens is 7. The van der Waals surface area contributed by atoms with E-state index in [0.29, 0.717) is 11.7 Å². The SMILES string of the molecule is CCCCn1nc(C(C)C)nc1Cc1ccc(C2(c3nn[nH]n3)C=CC=CN2)cc1. The molecule has 4 rings (SSSR count). The summed E-state index contributed by atoms with van der Waals surface area (Å²) in [6, 6.07) is 8.49. The van der Waals surface area contributed by atoms with E-state index < -0.39 is 5.54 Å². The van der Waals surface area contributed by atoms with Crippen LogP contribution in [0.4, 0.5) is 0 Å². The number of unbranched alkanes of at least 4 members (excludes halogenated alkanes) is 1. The summed E-state index contributed by atoms with van der Waals surface area (Å²) in [5.41, 5.74) is 1.60. The molecule has 30 heavy (non-hydrogen) atoms. The number of dihydropyridines is 1. The van der Waals surface area contributed by atoms with E-state index in [9.17, 15) is 0 Å². The monoisotopic (exact) mass is 404 g/mol. The van der Waals surface area contributed by atoms with Gasteiger partial charge < -0.3 is 5.32 Å². The number of hydrogen-bond donors (Lipinski definition) is 2. The first kappa shape index (κ1) is 20.0. The van der Waals surface area contributed by atoms with Gasteiger partial charge in [-0.15, -0.1) is 10.2 Å². The lowest BCUT2D eigenvalue weighted by Crippen LogP contribution is -2.40. The van der Waals surface area contributed by atoms with Gasteiger partial charge in [0.15, 0.2) is 5.82 Å². The molecule has 156 valence electrons. The molecule has 0 bridgehead atoms. The van der Waals surface area contributed by atoms with Crippen LogP contribution in [0.15, 0.2) is 48.7 Å². The largest absolute Gasteiger partial charge is 0.372 e. The highest BCUT2D eigenvalue weighted by Gasteiger charge is 2.35. The van der Waals surface area contributed by atoms with E-state index in [1.807, 2.05) is 24.4 Å². The molecule has 8 heteroatoms. The van der Waals surface area contributed by atoms with Crippen LogP contribution in [0.1, 0.15) is 68.1 Å². The zero-order chi connectivity index (χ0) is 21.0. The van der Waals surface area contributed by atoms with Gasteiger partial charge in [0.2, 0.25) is 5.82 Å². The molecule has 0 saturated heterocycles. The smallest absolute Gasteiger partial charge is 0.208 e. The first-order valence-corrected chi connectivity index (χ1v) is 10.5. The lowest BCUT2D eigenvalue weighted by Gasteiger charge is -2.30. The molecule has 0 saturated carbocycles. The number of tetrazole rings is 1. The Balaban J connectivity index is 1.60. The van der Waals surface area contributed by atoms with Gasteiger partial charge in [-0.2, -0.15) is 10.3 Å². The van der Waals surface area contributed by atoms with Gasteiger partial charge in [-0.1, -0.05) is 62.7 Å². The Morgan fingerprint density at radius 1 is 1.13 bits per heavy atom. The lowest BCUT2D eigenvalue weighted by molar-refractivity contribution is 0.529. The summed E-state index contributed by atoms with van der Waals surface area (Å²) in [5, 5.41) is 22.9. The fraction of sp³-hybridized carbons (Fsp3) is 0.409. The minimum absolute atomic E-state index is 0.320. The van der Waals surface area contributed by atoms with Crippen molar-refractivity contribution >= 4 is 0 Å². The van der Waals surface area contributed by atoms with Gasteiger partial charge in [0.25, 0.3) is 0 Å². The van der Waals surface area contributed by atoms with Crippen LogP contribution in [-0.4, -0.2) is 35.4 Å². The van der Waals surface area contributed by atoms with E-state index >= 15 is 0 Å². The van der Waals surface area contributed by atoms with Crippen LogP contribution < -0.4 is 5.32 Å². The summed E-state index contributed by atoms with van der Waals surface area (Å²) in [6.45, 7) is 7.37. The maximum atomic E-state index is 4.81. The minimum atomic E-state index is -0.633. The second-order valence-corrected chi connectivity index (χ2v) is 7.90. The Morgan fingerprint density at radius 2 is 1.97 bits per heavy atom. The molecule has 0 radical (unpaired) electrons. The number of nitrogens with zero attached hydrogens (tertiary/aromatic N) is 6. The van der Waals surface area contributed by atoms with E-state index in [0.717, 1.165) is 43.0 Å². The maximum Gasteiger partial charge on any atom is 0.208 e. The number of nitrogens with one attached hydrogen (secondary N) is 2. The van der Waals surface area contributed by atoms with Crippen LogP contribution in [0.5, 0.6) is 0 Å². The van der Waals surface area contributed by atoms with Crippen molar-refractivity contribution in [3.8, 4) is 0 Å². The molecule has 1 aliphatic heterocycles. The topological polar surface area (TPSA) is 97.2 Å². The summed E-state index contributed by atoms with van der Waals surface area (Å²) in [6.07, 6.45) is 10.9. The first-order valence-electron chi connectivity index (χ1n) is 10.5. The number of rotatable bonds is 8. The van der Waals surface area contributed by atoms with Crippen molar-refractivity contribution in [1.82, 2.24) is 40.7 Å². The Morgan fingerprint density at radius 3 is 2.60 bits per heavy atom. The van der Waals surface area contributed by atoms with Gasteiger partial charge in [-0.3, -0.25) is 0 Å². The Hall–Kier alpha value is -3.29. The molecule has 0 fully saturated rings. The second kappa shape index (κ2) is 8.61. The quantitative estimate of drug-likeness (QED) is 0.598. The molecular formula is C22H28N8. The standard InChI is InChI=1S/C22H28N8/c1-4-5-14-30-19(24-20(27-30)16(2)3)15-17-8-10-18(11-9-17)22(12-6-7-13-23-22)21-25-28-29-26-21/h6-13,16,23H,4-5,14-15H2,1-3H3,(H,25,26,28,29). The van der Waals surface area contributed by atoms with Crippen molar-refractivity contribution < 1.29 is 0 Å². The molecule has 0 amide bonds. The van der Waals surface area contributed by atoms with Crippen LogP contribution in [-0.2, 0) is 18.5 Å². The fourth-order valence-corrected chi connectivity index (χ4v) is 3.58. The molecule has 0 aliphatic carbocycles. The summed E-state index contributed by atoms with van der Waals surface area (Å²) < 4.78 is 2.07. The predicted octanol–water partition coefficient (Wildman–Crippen LogP) is 3.22. The maximum absolute atomic E-state index is 4.81. The lowest BCUT2D eigenvalue weighted by atomic mass is 9.86. The molecule has 1 atom stereocenters.